The number of anilines is 1. The van der Waals surface area contributed by atoms with Crippen molar-refractivity contribution in [2.75, 3.05) is 38.2 Å². The molecule has 0 aliphatic carbocycles. The molecule has 8 heteroatoms. The zero-order valence-electron chi connectivity index (χ0n) is 11.3. The highest BCUT2D eigenvalue weighted by molar-refractivity contribution is 7.89. The number of sulfonamides is 1. The summed E-state index contributed by atoms with van der Waals surface area (Å²) in [7, 11) is -3.58. The predicted molar refractivity (Wildman–Crippen MR) is 74.0 cm³/mol. The number of rotatable bonds is 5. The average molecular weight is 301 g/mol. The minimum Gasteiger partial charge on any atom is -0.394 e. The topological polar surface area (TPSA) is 91.8 Å². The molecule has 1 aliphatic rings. The van der Waals surface area contributed by atoms with Crippen molar-refractivity contribution in [2.24, 2.45) is 0 Å². The first kappa shape index (κ1) is 15.2. The highest BCUT2D eigenvalue weighted by atomic mass is 32.2. The van der Waals surface area contributed by atoms with E-state index in [1.807, 2.05) is 6.92 Å². The van der Waals surface area contributed by atoms with E-state index in [9.17, 15) is 8.42 Å². The van der Waals surface area contributed by atoms with Gasteiger partial charge in [-0.05, 0) is 13.0 Å². The van der Waals surface area contributed by atoms with Gasteiger partial charge < -0.3 is 15.2 Å². The number of nitrogens with zero attached hydrogens (tertiary/aromatic N) is 2. The third-order valence-corrected chi connectivity index (χ3v) is 4.89. The highest BCUT2D eigenvalue weighted by Crippen LogP contribution is 2.20. The molecule has 1 fully saturated rings. The Bertz CT molecular complexity index is 549. The molecule has 0 amide bonds. The van der Waals surface area contributed by atoms with Crippen LogP contribution in [0.2, 0.25) is 0 Å². The zero-order valence-corrected chi connectivity index (χ0v) is 12.1. The fourth-order valence-corrected chi connectivity index (χ4v) is 3.49. The van der Waals surface area contributed by atoms with Crippen molar-refractivity contribution in [1.29, 1.82) is 0 Å². The van der Waals surface area contributed by atoms with E-state index >= 15 is 0 Å². The second-order valence-corrected chi connectivity index (χ2v) is 6.38. The maximum atomic E-state index is 12.5. The van der Waals surface area contributed by atoms with Crippen LogP contribution in [-0.4, -0.2) is 61.8 Å². The molecule has 112 valence electrons. The lowest BCUT2D eigenvalue weighted by atomic mass is 10.3. The molecule has 2 rings (SSSR count). The first-order chi connectivity index (χ1) is 9.57. The second-order valence-electron chi connectivity index (χ2n) is 4.45. The fraction of sp³-hybridized carbons (Fsp3) is 0.583. The van der Waals surface area contributed by atoms with E-state index in [1.165, 1.54) is 22.6 Å². The molecular weight excluding hydrogens is 282 g/mol. The Morgan fingerprint density at radius 2 is 2.40 bits per heavy atom. The Morgan fingerprint density at radius 3 is 3.10 bits per heavy atom. The van der Waals surface area contributed by atoms with Crippen molar-refractivity contribution < 1.29 is 18.3 Å². The molecule has 1 unspecified atom stereocenters. The second kappa shape index (κ2) is 6.49. The van der Waals surface area contributed by atoms with Gasteiger partial charge in [0.2, 0.25) is 10.0 Å². The predicted octanol–water partition coefficient (Wildman–Crippen LogP) is -0.105. The Balaban J connectivity index is 2.23. The molecule has 0 bridgehead atoms. The number of aromatic nitrogens is 1. The van der Waals surface area contributed by atoms with E-state index in [0.29, 0.717) is 12.4 Å². The summed E-state index contributed by atoms with van der Waals surface area (Å²) in [6.45, 7) is 3.13. The number of aliphatic hydroxyl groups excluding tert-OH is 1. The van der Waals surface area contributed by atoms with Crippen LogP contribution in [0, 0.1) is 0 Å². The van der Waals surface area contributed by atoms with Crippen LogP contribution in [0.1, 0.15) is 6.92 Å². The summed E-state index contributed by atoms with van der Waals surface area (Å²) in [6.07, 6.45) is 1.00. The maximum absolute atomic E-state index is 12.5. The molecule has 1 saturated heterocycles. The van der Waals surface area contributed by atoms with Gasteiger partial charge in [-0.1, -0.05) is 0 Å². The highest BCUT2D eigenvalue weighted by Gasteiger charge is 2.30. The third kappa shape index (κ3) is 3.26. The van der Waals surface area contributed by atoms with E-state index < -0.39 is 16.1 Å². The van der Waals surface area contributed by atoms with Crippen molar-refractivity contribution >= 4 is 15.8 Å². The lowest BCUT2D eigenvalue weighted by molar-refractivity contribution is -0.0304. The van der Waals surface area contributed by atoms with Gasteiger partial charge in [0.25, 0.3) is 0 Å². The number of hydrogen-bond acceptors (Lipinski definition) is 6. The van der Waals surface area contributed by atoms with Crippen LogP contribution in [-0.2, 0) is 14.8 Å². The SMILES string of the molecule is CCNc1cc(S(=O)(=O)N2CCOC(CO)C2)ccn1. The number of pyridine rings is 1. The van der Waals surface area contributed by atoms with E-state index in [4.69, 9.17) is 9.84 Å². The molecule has 1 aliphatic heterocycles. The normalized spacial score (nSPS) is 20.8. The zero-order chi connectivity index (χ0) is 14.6. The van der Waals surface area contributed by atoms with Crippen LogP contribution in [0.25, 0.3) is 0 Å². The number of ether oxygens (including phenoxy) is 1. The van der Waals surface area contributed by atoms with Gasteiger partial charge in [-0.2, -0.15) is 4.31 Å². The number of nitrogens with one attached hydrogen (secondary N) is 1. The number of aliphatic hydroxyl groups is 1. The summed E-state index contributed by atoms with van der Waals surface area (Å²) in [6, 6.07) is 2.99. The monoisotopic (exact) mass is 301 g/mol. The molecule has 2 heterocycles. The fourth-order valence-electron chi connectivity index (χ4n) is 2.02. The molecule has 1 aromatic rings. The molecule has 0 spiro atoms. The summed E-state index contributed by atoms with van der Waals surface area (Å²) in [5.41, 5.74) is 0. The summed E-state index contributed by atoms with van der Waals surface area (Å²) in [5, 5.41) is 12.1. The van der Waals surface area contributed by atoms with Crippen molar-refractivity contribution in [3.63, 3.8) is 0 Å². The van der Waals surface area contributed by atoms with E-state index in [2.05, 4.69) is 10.3 Å². The Labute approximate surface area is 118 Å². The van der Waals surface area contributed by atoms with Gasteiger partial charge in [-0.25, -0.2) is 13.4 Å². The van der Waals surface area contributed by atoms with E-state index in [0.717, 1.165) is 0 Å². The van der Waals surface area contributed by atoms with Crippen LogP contribution in [0.3, 0.4) is 0 Å². The Kier molecular flexibility index (Phi) is 4.92. The molecule has 7 nitrogen and oxygen atoms in total. The molecule has 1 atom stereocenters. The molecular formula is C12H19N3O4S. The summed E-state index contributed by atoms with van der Waals surface area (Å²) in [4.78, 5) is 4.26. The number of morpholine rings is 1. The first-order valence-corrected chi connectivity index (χ1v) is 7.94. The molecule has 0 radical (unpaired) electrons. The maximum Gasteiger partial charge on any atom is 0.243 e. The average Bonchev–Trinajstić information content (AvgIpc) is 2.48. The van der Waals surface area contributed by atoms with Gasteiger partial charge in [-0.15, -0.1) is 0 Å². The first-order valence-electron chi connectivity index (χ1n) is 6.50. The standard InChI is InChI=1S/C12H19N3O4S/c1-2-13-12-7-11(3-4-14-12)20(17,18)15-5-6-19-10(8-15)9-16/h3-4,7,10,16H,2,5-6,8-9H2,1H3,(H,13,14). The summed E-state index contributed by atoms with van der Waals surface area (Å²) in [5.74, 6) is 0.528. The van der Waals surface area contributed by atoms with E-state index in [-0.39, 0.29) is 31.2 Å². The van der Waals surface area contributed by atoms with Crippen LogP contribution in [0.4, 0.5) is 5.82 Å². The van der Waals surface area contributed by atoms with Crippen molar-refractivity contribution in [3.05, 3.63) is 18.3 Å². The van der Waals surface area contributed by atoms with Crippen molar-refractivity contribution in [3.8, 4) is 0 Å². The molecule has 0 aromatic carbocycles. The Morgan fingerprint density at radius 1 is 1.60 bits per heavy atom. The number of hydrogen-bond donors (Lipinski definition) is 2. The van der Waals surface area contributed by atoms with Gasteiger partial charge >= 0.3 is 0 Å². The van der Waals surface area contributed by atoms with Gasteiger partial charge in [0, 0.05) is 31.9 Å². The van der Waals surface area contributed by atoms with Crippen LogP contribution >= 0.6 is 0 Å². The molecule has 0 saturated carbocycles. The summed E-state index contributed by atoms with van der Waals surface area (Å²) < 4.78 is 31.7. The minimum absolute atomic E-state index is 0.164. The van der Waals surface area contributed by atoms with Crippen molar-refractivity contribution in [1.82, 2.24) is 9.29 Å². The molecule has 20 heavy (non-hydrogen) atoms. The molecule has 1 aromatic heterocycles. The van der Waals surface area contributed by atoms with Gasteiger partial charge in [0.05, 0.1) is 24.2 Å². The lowest BCUT2D eigenvalue weighted by Crippen LogP contribution is -2.46. The third-order valence-electron chi connectivity index (χ3n) is 3.03. The van der Waals surface area contributed by atoms with Crippen molar-refractivity contribution in [2.45, 2.75) is 17.9 Å². The minimum atomic E-state index is -3.58. The quantitative estimate of drug-likeness (QED) is 0.789. The smallest absolute Gasteiger partial charge is 0.243 e. The van der Waals surface area contributed by atoms with Gasteiger partial charge in [0.1, 0.15) is 5.82 Å². The summed E-state index contributed by atoms with van der Waals surface area (Å²) >= 11 is 0. The Hall–Kier alpha value is -1.22. The van der Waals surface area contributed by atoms with Gasteiger partial charge in [0.15, 0.2) is 0 Å². The van der Waals surface area contributed by atoms with Crippen LogP contribution in [0.15, 0.2) is 23.2 Å². The van der Waals surface area contributed by atoms with Crippen LogP contribution in [0.5, 0.6) is 0 Å². The van der Waals surface area contributed by atoms with Gasteiger partial charge in [-0.3, -0.25) is 0 Å². The van der Waals surface area contributed by atoms with Crippen LogP contribution < -0.4 is 5.32 Å². The largest absolute Gasteiger partial charge is 0.394 e. The van der Waals surface area contributed by atoms with E-state index in [1.54, 1.807) is 0 Å². The molecule has 2 N–H and O–H groups in total. The lowest BCUT2D eigenvalue weighted by Gasteiger charge is -2.31.